The van der Waals surface area contributed by atoms with Crippen LogP contribution in [0.25, 0.3) is 0 Å². The van der Waals surface area contributed by atoms with Crippen LogP contribution < -0.4 is 4.72 Å². The number of nitrogens with one attached hydrogen (secondary N) is 1. The van der Waals surface area contributed by atoms with Gasteiger partial charge in [0, 0.05) is 6.54 Å². The zero-order valence-corrected chi connectivity index (χ0v) is 13.0. The first-order valence-corrected chi connectivity index (χ1v) is 8.21. The van der Waals surface area contributed by atoms with Crippen molar-refractivity contribution in [3.8, 4) is 0 Å². The molecule has 7 heteroatoms. The summed E-state index contributed by atoms with van der Waals surface area (Å²) in [5, 5.41) is 9.55. The van der Waals surface area contributed by atoms with E-state index in [1.165, 1.54) is 19.2 Å². The van der Waals surface area contributed by atoms with Gasteiger partial charge in [0.15, 0.2) is 0 Å². The molecule has 0 bridgehead atoms. The Hall–Kier alpha value is -1.44. The lowest BCUT2D eigenvalue weighted by atomic mass is 10.2. The number of hydrogen-bond acceptors (Lipinski definition) is 5. The molecule has 1 aromatic carbocycles. The van der Waals surface area contributed by atoms with Gasteiger partial charge in [-0.3, -0.25) is 4.79 Å². The first-order chi connectivity index (χ1) is 9.89. The van der Waals surface area contributed by atoms with Crippen LogP contribution >= 0.6 is 0 Å². The first kappa shape index (κ1) is 17.6. The number of hydrogen-bond donors (Lipinski definition) is 2. The van der Waals surface area contributed by atoms with E-state index in [0.29, 0.717) is 12.0 Å². The Bertz CT molecular complexity index is 553. The zero-order chi connectivity index (χ0) is 15.9. The summed E-state index contributed by atoms with van der Waals surface area (Å²) < 4.78 is 30.9. The Labute approximate surface area is 125 Å². The van der Waals surface area contributed by atoms with Crippen molar-refractivity contribution in [2.24, 2.45) is 0 Å². The van der Waals surface area contributed by atoms with Crippen LogP contribution in [0, 0.1) is 0 Å². The largest absolute Gasteiger partial charge is 0.469 e. The van der Waals surface area contributed by atoms with Crippen LogP contribution in [-0.4, -0.2) is 39.3 Å². The Balaban J connectivity index is 2.69. The fourth-order valence-corrected chi connectivity index (χ4v) is 2.82. The Morgan fingerprint density at radius 1 is 1.33 bits per heavy atom. The highest BCUT2D eigenvalue weighted by Gasteiger charge is 2.15. The van der Waals surface area contributed by atoms with Crippen LogP contribution in [0.3, 0.4) is 0 Å². The average molecular weight is 315 g/mol. The number of benzene rings is 1. The monoisotopic (exact) mass is 315 g/mol. The summed E-state index contributed by atoms with van der Waals surface area (Å²) in [5.74, 6) is -0.383. The van der Waals surface area contributed by atoms with Crippen molar-refractivity contribution in [1.82, 2.24) is 4.72 Å². The summed E-state index contributed by atoms with van der Waals surface area (Å²) >= 11 is 0. The van der Waals surface area contributed by atoms with Gasteiger partial charge in [0.25, 0.3) is 0 Å². The van der Waals surface area contributed by atoms with Crippen molar-refractivity contribution in [3.05, 3.63) is 29.8 Å². The van der Waals surface area contributed by atoms with Gasteiger partial charge in [-0.2, -0.15) is 0 Å². The minimum atomic E-state index is -3.65. The van der Waals surface area contributed by atoms with Crippen LogP contribution in [0.5, 0.6) is 0 Å². The molecule has 6 nitrogen and oxygen atoms in total. The predicted molar refractivity (Wildman–Crippen MR) is 78.3 cm³/mol. The molecular formula is C14H21NO5S. The molecule has 21 heavy (non-hydrogen) atoms. The van der Waals surface area contributed by atoms with E-state index in [0.717, 1.165) is 6.42 Å². The van der Waals surface area contributed by atoms with Gasteiger partial charge in [0.1, 0.15) is 0 Å². The maximum atomic E-state index is 12.0. The number of aliphatic hydroxyl groups excluding tert-OH is 1. The van der Waals surface area contributed by atoms with Crippen molar-refractivity contribution in [2.75, 3.05) is 13.7 Å². The number of methoxy groups -OCH3 is 1. The molecule has 0 spiro atoms. The number of rotatable bonds is 8. The lowest BCUT2D eigenvalue weighted by Crippen LogP contribution is -2.32. The van der Waals surface area contributed by atoms with Gasteiger partial charge < -0.3 is 9.84 Å². The third kappa shape index (κ3) is 5.82. The number of carbonyl (C=O) groups excluding carboxylic acids is 1. The molecule has 1 rings (SSSR count). The Morgan fingerprint density at radius 3 is 2.48 bits per heavy atom. The highest BCUT2D eigenvalue weighted by atomic mass is 32.2. The number of aliphatic hydroxyl groups is 1. The maximum absolute atomic E-state index is 12.0. The highest BCUT2D eigenvalue weighted by Crippen LogP contribution is 2.11. The normalized spacial score (nSPS) is 12.9. The quantitative estimate of drug-likeness (QED) is 0.694. The maximum Gasteiger partial charge on any atom is 0.309 e. The molecule has 2 N–H and O–H groups in total. The number of esters is 1. The molecule has 0 heterocycles. The SMILES string of the molecule is CCCC(O)CNS(=O)(=O)c1ccc(CC(=O)OC)cc1. The molecule has 0 aromatic heterocycles. The molecule has 118 valence electrons. The lowest BCUT2D eigenvalue weighted by molar-refractivity contribution is -0.139. The van der Waals surface area contributed by atoms with E-state index < -0.39 is 16.1 Å². The summed E-state index contributed by atoms with van der Waals surface area (Å²) in [6.07, 6.45) is 0.730. The fourth-order valence-electron chi connectivity index (χ4n) is 1.75. The van der Waals surface area contributed by atoms with Gasteiger partial charge in [0.05, 0.1) is 24.5 Å². The zero-order valence-electron chi connectivity index (χ0n) is 12.2. The number of sulfonamides is 1. The van der Waals surface area contributed by atoms with Crippen molar-refractivity contribution in [2.45, 2.75) is 37.2 Å². The Morgan fingerprint density at radius 2 is 1.95 bits per heavy atom. The van der Waals surface area contributed by atoms with Gasteiger partial charge in [-0.25, -0.2) is 13.1 Å². The summed E-state index contributed by atoms with van der Waals surface area (Å²) in [6.45, 7) is 1.90. The van der Waals surface area contributed by atoms with Crippen molar-refractivity contribution < 1.29 is 23.1 Å². The lowest BCUT2D eigenvalue weighted by Gasteiger charge is -2.11. The minimum Gasteiger partial charge on any atom is -0.469 e. The van der Waals surface area contributed by atoms with Gasteiger partial charge >= 0.3 is 5.97 Å². The average Bonchev–Trinajstić information content (AvgIpc) is 2.46. The van der Waals surface area contributed by atoms with E-state index >= 15 is 0 Å². The summed E-state index contributed by atoms with van der Waals surface area (Å²) in [4.78, 5) is 11.2. The molecule has 0 aliphatic rings. The van der Waals surface area contributed by atoms with E-state index in [1.54, 1.807) is 12.1 Å². The first-order valence-electron chi connectivity index (χ1n) is 6.72. The standard InChI is InChI=1S/C14H21NO5S/c1-3-4-12(16)10-15-21(18,19)13-7-5-11(6-8-13)9-14(17)20-2/h5-8,12,15-16H,3-4,9-10H2,1-2H3. The molecule has 0 aliphatic carbocycles. The molecule has 0 saturated heterocycles. The van der Waals surface area contributed by atoms with Crippen molar-refractivity contribution in [1.29, 1.82) is 0 Å². The molecule has 0 fully saturated rings. The highest BCUT2D eigenvalue weighted by molar-refractivity contribution is 7.89. The van der Waals surface area contributed by atoms with Gasteiger partial charge in [-0.15, -0.1) is 0 Å². The third-order valence-corrected chi connectivity index (χ3v) is 4.38. The topological polar surface area (TPSA) is 92.7 Å². The predicted octanol–water partition coefficient (Wildman–Crippen LogP) is 0.841. The molecular weight excluding hydrogens is 294 g/mol. The van der Waals surface area contributed by atoms with Crippen LogP contribution in [-0.2, 0) is 26.0 Å². The van der Waals surface area contributed by atoms with E-state index in [9.17, 15) is 18.3 Å². The van der Waals surface area contributed by atoms with E-state index in [2.05, 4.69) is 9.46 Å². The molecule has 0 aliphatic heterocycles. The van der Waals surface area contributed by atoms with Crippen molar-refractivity contribution >= 4 is 16.0 Å². The van der Waals surface area contributed by atoms with E-state index in [-0.39, 0.29) is 23.8 Å². The minimum absolute atomic E-state index is 0.0138. The van der Waals surface area contributed by atoms with Gasteiger partial charge in [0.2, 0.25) is 10.0 Å². The van der Waals surface area contributed by atoms with Crippen LogP contribution in [0.2, 0.25) is 0 Å². The molecule has 0 radical (unpaired) electrons. The molecule has 0 amide bonds. The van der Waals surface area contributed by atoms with E-state index in [4.69, 9.17) is 0 Å². The van der Waals surface area contributed by atoms with Gasteiger partial charge in [-0.05, 0) is 24.1 Å². The fraction of sp³-hybridized carbons (Fsp3) is 0.500. The molecule has 1 aromatic rings. The number of carbonyl (C=O) groups is 1. The Kier molecular flexibility index (Phi) is 6.80. The summed E-state index contributed by atoms with van der Waals surface area (Å²) in [6, 6.07) is 5.97. The summed E-state index contributed by atoms with van der Waals surface area (Å²) in [5.41, 5.74) is 0.673. The molecule has 1 unspecified atom stereocenters. The molecule has 0 saturated carbocycles. The van der Waals surface area contributed by atoms with Crippen molar-refractivity contribution in [3.63, 3.8) is 0 Å². The second kappa shape index (κ2) is 8.11. The van der Waals surface area contributed by atoms with Crippen LogP contribution in [0.4, 0.5) is 0 Å². The van der Waals surface area contributed by atoms with E-state index in [1.807, 2.05) is 6.92 Å². The smallest absolute Gasteiger partial charge is 0.309 e. The third-order valence-electron chi connectivity index (χ3n) is 2.94. The summed E-state index contributed by atoms with van der Waals surface area (Å²) in [7, 11) is -2.35. The second-order valence-corrected chi connectivity index (χ2v) is 6.46. The van der Waals surface area contributed by atoms with Gasteiger partial charge in [-0.1, -0.05) is 25.5 Å². The molecule has 1 atom stereocenters. The van der Waals surface area contributed by atoms with Crippen LogP contribution in [0.15, 0.2) is 29.2 Å². The number of ether oxygens (including phenoxy) is 1. The second-order valence-electron chi connectivity index (χ2n) is 4.69. The van der Waals surface area contributed by atoms with Crippen LogP contribution in [0.1, 0.15) is 25.3 Å².